The number of benzene rings is 2. The van der Waals surface area contributed by atoms with E-state index in [0.717, 1.165) is 5.56 Å². The van der Waals surface area contributed by atoms with E-state index in [0.29, 0.717) is 0 Å². The molecule has 0 bridgehead atoms. The van der Waals surface area contributed by atoms with Gasteiger partial charge in [-0.05, 0) is 17.7 Å². The van der Waals surface area contributed by atoms with Crippen LogP contribution >= 0.6 is 0 Å². The van der Waals surface area contributed by atoms with Gasteiger partial charge in [-0.25, -0.2) is 9.18 Å². The number of carbonyl (C=O) groups is 1. The number of para-hydroxylation sites is 1. The van der Waals surface area contributed by atoms with E-state index in [4.69, 9.17) is 10.5 Å². The second kappa shape index (κ2) is 5.86. The Morgan fingerprint density at radius 2 is 1.89 bits per heavy atom. The lowest BCUT2D eigenvalue weighted by molar-refractivity contribution is 0.258. The molecule has 0 aliphatic heterocycles. The third-order valence-electron chi connectivity index (χ3n) is 2.46. The summed E-state index contributed by atoms with van der Waals surface area (Å²) in [5.74, 6) is -0.355. The van der Waals surface area contributed by atoms with Crippen LogP contribution in [0.3, 0.4) is 0 Å². The zero-order valence-electron chi connectivity index (χ0n) is 10.1. The number of rotatable bonds is 4. The number of halogens is 1. The summed E-state index contributed by atoms with van der Waals surface area (Å²) in [6, 6.07) is 12.9. The highest BCUT2D eigenvalue weighted by molar-refractivity contribution is 5.89. The largest absolute Gasteiger partial charge is 0.487 e. The molecule has 0 saturated heterocycles. The third-order valence-corrected chi connectivity index (χ3v) is 2.46. The Bertz CT molecular complexity index is 573. The van der Waals surface area contributed by atoms with Crippen molar-refractivity contribution in [3.05, 3.63) is 59.9 Å². The van der Waals surface area contributed by atoms with Gasteiger partial charge in [-0.15, -0.1) is 0 Å². The van der Waals surface area contributed by atoms with Crippen LogP contribution in [-0.2, 0) is 6.61 Å². The lowest BCUT2D eigenvalue weighted by atomic mass is 10.2. The number of ether oxygens (including phenoxy) is 1. The lowest BCUT2D eigenvalue weighted by Crippen LogP contribution is -2.20. The first-order valence-electron chi connectivity index (χ1n) is 5.68. The maximum absolute atomic E-state index is 13.6. The van der Waals surface area contributed by atoms with E-state index in [1.54, 1.807) is 6.07 Å². The van der Waals surface area contributed by atoms with Gasteiger partial charge in [0.05, 0.1) is 0 Å². The average Bonchev–Trinajstić information content (AvgIpc) is 2.40. The van der Waals surface area contributed by atoms with Crippen LogP contribution in [0.25, 0.3) is 0 Å². The molecule has 19 heavy (non-hydrogen) atoms. The Morgan fingerprint density at radius 1 is 1.16 bits per heavy atom. The number of nitrogens with one attached hydrogen (secondary N) is 1. The summed E-state index contributed by atoms with van der Waals surface area (Å²) < 4.78 is 19.1. The van der Waals surface area contributed by atoms with Gasteiger partial charge >= 0.3 is 6.03 Å². The van der Waals surface area contributed by atoms with Crippen LogP contribution in [0.4, 0.5) is 14.9 Å². The number of nitrogens with two attached hydrogens (primary N) is 1. The number of carbonyl (C=O) groups excluding carboxylic acids is 1. The second-order valence-corrected chi connectivity index (χ2v) is 3.88. The van der Waals surface area contributed by atoms with Gasteiger partial charge in [-0.3, -0.25) is 0 Å². The van der Waals surface area contributed by atoms with Crippen molar-refractivity contribution in [3.8, 4) is 5.75 Å². The van der Waals surface area contributed by atoms with Gasteiger partial charge in [0.25, 0.3) is 0 Å². The van der Waals surface area contributed by atoms with Gasteiger partial charge in [0.1, 0.15) is 18.0 Å². The van der Waals surface area contributed by atoms with Crippen LogP contribution in [0.15, 0.2) is 48.5 Å². The molecule has 0 atom stereocenters. The molecule has 3 N–H and O–H groups in total. The van der Waals surface area contributed by atoms with Gasteiger partial charge in [0, 0.05) is 0 Å². The zero-order valence-corrected chi connectivity index (χ0v) is 10.1. The van der Waals surface area contributed by atoms with E-state index >= 15 is 0 Å². The number of hydrogen-bond acceptors (Lipinski definition) is 2. The topological polar surface area (TPSA) is 64.4 Å². The molecule has 2 aromatic carbocycles. The molecular formula is C14H13FN2O2. The molecule has 0 saturated carbocycles. The monoisotopic (exact) mass is 260 g/mol. The van der Waals surface area contributed by atoms with E-state index in [1.165, 1.54) is 12.1 Å². The molecule has 4 nitrogen and oxygen atoms in total. The molecule has 2 amide bonds. The quantitative estimate of drug-likeness (QED) is 0.887. The number of urea groups is 1. The van der Waals surface area contributed by atoms with Crippen LogP contribution in [-0.4, -0.2) is 6.03 Å². The molecule has 0 aromatic heterocycles. The van der Waals surface area contributed by atoms with Crippen LogP contribution in [0.5, 0.6) is 5.75 Å². The number of anilines is 1. The van der Waals surface area contributed by atoms with E-state index in [1.807, 2.05) is 30.3 Å². The minimum atomic E-state index is -0.838. The van der Waals surface area contributed by atoms with Crippen molar-refractivity contribution in [1.29, 1.82) is 0 Å². The Balaban J connectivity index is 2.15. The van der Waals surface area contributed by atoms with Crippen LogP contribution in [0.1, 0.15) is 5.56 Å². The minimum absolute atomic E-state index is 0.0501. The van der Waals surface area contributed by atoms with E-state index in [2.05, 4.69) is 5.32 Å². The van der Waals surface area contributed by atoms with E-state index < -0.39 is 11.8 Å². The first kappa shape index (κ1) is 12.9. The second-order valence-electron chi connectivity index (χ2n) is 3.88. The lowest BCUT2D eigenvalue weighted by Gasteiger charge is -2.12. The molecule has 0 radical (unpaired) electrons. The Kier molecular flexibility index (Phi) is 3.97. The molecule has 2 rings (SSSR count). The van der Waals surface area contributed by atoms with Gasteiger partial charge < -0.3 is 15.8 Å². The molecule has 5 heteroatoms. The first-order chi connectivity index (χ1) is 9.16. The molecule has 0 aliphatic carbocycles. The predicted octanol–water partition coefficient (Wildman–Crippen LogP) is 2.90. The van der Waals surface area contributed by atoms with E-state index in [9.17, 15) is 9.18 Å². The van der Waals surface area contributed by atoms with Crippen LogP contribution in [0.2, 0.25) is 0 Å². The molecule has 2 aromatic rings. The fourth-order valence-corrected chi connectivity index (χ4v) is 1.60. The summed E-state index contributed by atoms with van der Waals surface area (Å²) in [6.07, 6.45) is 0. The van der Waals surface area contributed by atoms with Gasteiger partial charge in [0.15, 0.2) is 5.82 Å². The molecule has 0 fully saturated rings. The Morgan fingerprint density at radius 3 is 2.58 bits per heavy atom. The zero-order chi connectivity index (χ0) is 13.7. The number of amides is 2. The fraction of sp³-hybridized carbons (Fsp3) is 0.0714. The number of primary amides is 1. The highest BCUT2D eigenvalue weighted by Gasteiger charge is 2.11. The van der Waals surface area contributed by atoms with Crippen molar-refractivity contribution >= 4 is 11.7 Å². The molecule has 0 unspecified atom stereocenters. The predicted molar refractivity (Wildman–Crippen MR) is 70.4 cm³/mol. The molecule has 98 valence electrons. The van der Waals surface area contributed by atoms with Gasteiger partial charge in [-0.2, -0.15) is 0 Å². The number of hydrogen-bond donors (Lipinski definition) is 2. The third kappa shape index (κ3) is 3.45. The summed E-state index contributed by atoms with van der Waals surface area (Å²) in [7, 11) is 0. The molecule has 0 heterocycles. The van der Waals surface area contributed by atoms with Crippen molar-refractivity contribution in [2.24, 2.45) is 5.73 Å². The first-order valence-corrected chi connectivity index (χ1v) is 5.68. The Hall–Kier alpha value is -2.56. The van der Waals surface area contributed by atoms with Crippen LogP contribution < -0.4 is 15.8 Å². The van der Waals surface area contributed by atoms with E-state index in [-0.39, 0.29) is 18.0 Å². The Labute approximate surface area is 110 Å². The fourth-order valence-electron chi connectivity index (χ4n) is 1.60. The normalized spacial score (nSPS) is 9.95. The molecule has 0 spiro atoms. The highest BCUT2D eigenvalue weighted by atomic mass is 19.1. The standard InChI is InChI=1S/C14H13FN2O2/c15-11-7-4-8-12(13(11)17-14(16)18)19-9-10-5-2-1-3-6-10/h1-8H,9H2,(H3,16,17,18). The average molecular weight is 260 g/mol. The van der Waals surface area contributed by atoms with Crippen molar-refractivity contribution in [2.75, 3.05) is 5.32 Å². The van der Waals surface area contributed by atoms with Crippen molar-refractivity contribution in [1.82, 2.24) is 0 Å². The van der Waals surface area contributed by atoms with Gasteiger partial charge in [0.2, 0.25) is 0 Å². The smallest absolute Gasteiger partial charge is 0.316 e. The minimum Gasteiger partial charge on any atom is -0.487 e. The van der Waals surface area contributed by atoms with Crippen molar-refractivity contribution < 1.29 is 13.9 Å². The van der Waals surface area contributed by atoms with Crippen molar-refractivity contribution in [3.63, 3.8) is 0 Å². The molecule has 0 aliphatic rings. The SMILES string of the molecule is NC(=O)Nc1c(F)cccc1OCc1ccccc1. The summed E-state index contributed by atoms with van der Waals surface area (Å²) >= 11 is 0. The van der Waals surface area contributed by atoms with Crippen LogP contribution in [0, 0.1) is 5.82 Å². The van der Waals surface area contributed by atoms with Gasteiger partial charge in [-0.1, -0.05) is 36.4 Å². The maximum Gasteiger partial charge on any atom is 0.316 e. The highest BCUT2D eigenvalue weighted by Crippen LogP contribution is 2.27. The van der Waals surface area contributed by atoms with Crippen molar-refractivity contribution in [2.45, 2.75) is 6.61 Å². The molecular weight excluding hydrogens is 247 g/mol. The summed E-state index contributed by atoms with van der Waals surface area (Å²) in [5, 5.41) is 2.22. The summed E-state index contributed by atoms with van der Waals surface area (Å²) in [6.45, 7) is 0.276. The summed E-state index contributed by atoms with van der Waals surface area (Å²) in [4.78, 5) is 10.8. The maximum atomic E-state index is 13.6. The summed E-state index contributed by atoms with van der Waals surface area (Å²) in [5.41, 5.74) is 5.89.